The molecule has 0 rings (SSSR count). The first-order chi connectivity index (χ1) is 7.65. The zero-order valence-electron chi connectivity index (χ0n) is 12.1. The van der Waals surface area contributed by atoms with E-state index in [1.54, 1.807) is 0 Å². The molecule has 16 heavy (non-hydrogen) atoms. The highest BCUT2D eigenvalue weighted by molar-refractivity contribution is 4.91. The molecule has 2 unspecified atom stereocenters. The van der Waals surface area contributed by atoms with Gasteiger partial charge in [0.1, 0.15) is 0 Å². The number of hydrogen-bond acceptors (Lipinski definition) is 0. The SMILES string of the molecule is CCCC(/C=C\CC(C)C)C(CC)CCC. The monoisotopic (exact) mass is 224 g/mol. The molecular weight excluding hydrogens is 192 g/mol. The lowest BCUT2D eigenvalue weighted by molar-refractivity contribution is 0.335. The van der Waals surface area contributed by atoms with Gasteiger partial charge in [0, 0.05) is 0 Å². The molecule has 0 amide bonds. The maximum atomic E-state index is 2.51. The van der Waals surface area contributed by atoms with Gasteiger partial charge in [-0.25, -0.2) is 0 Å². The molecule has 0 saturated carbocycles. The second-order valence-electron chi connectivity index (χ2n) is 5.47. The molecule has 0 fully saturated rings. The van der Waals surface area contributed by atoms with Crippen molar-refractivity contribution in [3.63, 3.8) is 0 Å². The van der Waals surface area contributed by atoms with Crippen LogP contribution in [0, 0.1) is 17.8 Å². The van der Waals surface area contributed by atoms with E-state index in [0.717, 1.165) is 17.8 Å². The molecule has 0 aliphatic carbocycles. The lowest BCUT2D eigenvalue weighted by atomic mass is 9.83. The molecule has 0 aromatic rings. The zero-order valence-corrected chi connectivity index (χ0v) is 12.1. The third-order valence-electron chi connectivity index (χ3n) is 3.40. The van der Waals surface area contributed by atoms with E-state index in [2.05, 4.69) is 46.8 Å². The summed E-state index contributed by atoms with van der Waals surface area (Å²) in [6.07, 6.45) is 12.9. The van der Waals surface area contributed by atoms with Crippen molar-refractivity contribution in [1.82, 2.24) is 0 Å². The topological polar surface area (TPSA) is 0 Å². The summed E-state index contributed by atoms with van der Waals surface area (Å²) in [6, 6.07) is 0. The van der Waals surface area contributed by atoms with Crippen molar-refractivity contribution in [3.8, 4) is 0 Å². The van der Waals surface area contributed by atoms with Gasteiger partial charge < -0.3 is 0 Å². The first kappa shape index (κ1) is 15.7. The minimum atomic E-state index is 0.796. The van der Waals surface area contributed by atoms with Crippen molar-refractivity contribution >= 4 is 0 Å². The van der Waals surface area contributed by atoms with Crippen LogP contribution in [0.1, 0.15) is 73.1 Å². The summed E-state index contributed by atoms with van der Waals surface area (Å²) in [6.45, 7) is 11.6. The highest BCUT2D eigenvalue weighted by Gasteiger charge is 2.15. The summed E-state index contributed by atoms with van der Waals surface area (Å²) in [7, 11) is 0. The van der Waals surface area contributed by atoms with Crippen LogP contribution in [0.2, 0.25) is 0 Å². The summed E-state index contributed by atoms with van der Waals surface area (Å²) < 4.78 is 0. The molecule has 0 N–H and O–H groups in total. The number of rotatable bonds is 9. The van der Waals surface area contributed by atoms with Gasteiger partial charge in [0.05, 0.1) is 0 Å². The van der Waals surface area contributed by atoms with Gasteiger partial charge in [-0.15, -0.1) is 0 Å². The molecular formula is C16H32. The number of hydrogen-bond donors (Lipinski definition) is 0. The molecule has 0 aromatic carbocycles. The Morgan fingerprint density at radius 1 is 0.938 bits per heavy atom. The van der Waals surface area contributed by atoms with Crippen LogP contribution in [0.3, 0.4) is 0 Å². The predicted octanol–water partition coefficient (Wildman–Crippen LogP) is 5.83. The van der Waals surface area contributed by atoms with E-state index in [1.807, 2.05) is 0 Å². The van der Waals surface area contributed by atoms with Gasteiger partial charge >= 0.3 is 0 Å². The average molecular weight is 224 g/mol. The van der Waals surface area contributed by atoms with E-state index in [9.17, 15) is 0 Å². The van der Waals surface area contributed by atoms with Crippen LogP contribution in [0.15, 0.2) is 12.2 Å². The van der Waals surface area contributed by atoms with Crippen molar-refractivity contribution in [1.29, 1.82) is 0 Å². The third kappa shape index (κ3) is 7.09. The molecule has 0 aromatic heterocycles. The van der Waals surface area contributed by atoms with Crippen LogP contribution in [0.25, 0.3) is 0 Å². The van der Waals surface area contributed by atoms with Gasteiger partial charge in [-0.2, -0.15) is 0 Å². The molecule has 0 aliphatic heterocycles. The van der Waals surface area contributed by atoms with Crippen LogP contribution in [0.5, 0.6) is 0 Å². The quantitative estimate of drug-likeness (QED) is 0.432. The summed E-state index contributed by atoms with van der Waals surface area (Å²) in [4.78, 5) is 0. The molecule has 2 atom stereocenters. The largest absolute Gasteiger partial charge is 0.0880 e. The van der Waals surface area contributed by atoms with Crippen LogP contribution in [-0.4, -0.2) is 0 Å². The molecule has 0 bridgehead atoms. The van der Waals surface area contributed by atoms with Crippen molar-refractivity contribution in [2.45, 2.75) is 73.1 Å². The Labute approximate surface area is 104 Å². The Bertz CT molecular complexity index is 167. The molecule has 96 valence electrons. The van der Waals surface area contributed by atoms with Crippen molar-refractivity contribution in [2.24, 2.45) is 17.8 Å². The van der Waals surface area contributed by atoms with E-state index in [4.69, 9.17) is 0 Å². The third-order valence-corrected chi connectivity index (χ3v) is 3.40. The van der Waals surface area contributed by atoms with Crippen molar-refractivity contribution in [3.05, 3.63) is 12.2 Å². The smallest absolute Gasteiger partial charge is 0.0205 e. The second kappa shape index (κ2) is 9.93. The summed E-state index contributed by atoms with van der Waals surface area (Å²) in [5.74, 6) is 2.53. The predicted molar refractivity (Wildman–Crippen MR) is 75.7 cm³/mol. The first-order valence-corrected chi connectivity index (χ1v) is 7.32. The molecule has 0 spiro atoms. The molecule has 0 heterocycles. The summed E-state index contributed by atoms with van der Waals surface area (Å²) in [5.41, 5.74) is 0. The lowest BCUT2D eigenvalue weighted by Crippen LogP contribution is -2.11. The summed E-state index contributed by atoms with van der Waals surface area (Å²) >= 11 is 0. The first-order valence-electron chi connectivity index (χ1n) is 7.32. The average Bonchev–Trinajstić information content (AvgIpc) is 2.24. The van der Waals surface area contributed by atoms with Gasteiger partial charge in [0.2, 0.25) is 0 Å². The van der Waals surface area contributed by atoms with E-state index < -0.39 is 0 Å². The molecule has 0 radical (unpaired) electrons. The van der Waals surface area contributed by atoms with E-state index in [0.29, 0.717) is 0 Å². The minimum Gasteiger partial charge on any atom is -0.0880 e. The van der Waals surface area contributed by atoms with Crippen LogP contribution in [0.4, 0.5) is 0 Å². The highest BCUT2D eigenvalue weighted by Crippen LogP contribution is 2.27. The van der Waals surface area contributed by atoms with Crippen LogP contribution < -0.4 is 0 Å². The van der Waals surface area contributed by atoms with Crippen LogP contribution in [-0.2, 0) is 0 Å². The number of allylic oxidation sites excluding steroid dienone is 2. The maximum Gasteiger partial charge on any atom is -0.0205 e. The zero-order chi connectivity index (χ0) is 12.4. The Kier molecular flexibility index (Phi) is 9.77. The standard InChI is InChI=1S/C16H32/c1-6-10-15(8-3)16(11-7-2)13-9-12-14(4)5/h9,13-16H,6-8,10-12H2,1-5H3/b13-9-. The van der Waals surface area contributed by atoms with Crippen molar-refractivity contribution < 1.29 is 0 Å². The Balaban J connectivity index is 4.26. The fraction of sp³-hybridized carbons (Fsp3) is 0.875. The van der Waals surface area contributed by atoms with E-state index in [1.165, 1.54) is 38.5 Å². The van der Waals surface area contributed by atoms with E-state index in [-0.39, 0.29) is 0 Å². The Morgan fingerprint density at radius 3 is 2.00 bits per heavy atom. The Morgan fingerprint density at radius 2 is 1.56 bits per heavy atom. The lowest BCUT2D eigenvalue weighted by Gasteiger charge is -2.23. The van der Waals surface area contributed by atoms with Gasteiger partial charge in [0.25, 0.3) is 0 Å². The fourth-order valence-corrected chi connectivity index (χ4v) is 2.44. The summed E-state index contributed by atoms with van der Waals surface area (Å²) in [5, 5.41) is 0. The Hall–Kier alpha value is -0.260. The van der Waals surface area contributed by atoms with Crippen molar-refractivity contribution in [2.75, 3.05) is 0 Å². The molecule has 0 aliphatic rings. The molecule has 0 nitrogen and oxygen atoms in total. The van der Waals surface area contributed by atoms with Gasteiger partial charge in [-0.3, -0.25) is 0 Å². The fourth-order valence-electron chi connectivity index (χ4n) is 2.44. The maximum absolute atomic E-state index is 2.51. The normalized spacial score (nSPS) is 15.9. The molecule has 0 heteroatoms. The van der Waals surface area contributed by atoms with E-state index >= 15 is 0 Å². The van der Waals surface area contributed by atoms with Crippen LogP contribution >= 0.6 is 0 Å². The highest BCUT2D eigenvalue weighted by atomic mass is 14.2. The van der Waals surface area contributed by atoms with Gasteiger partial charge in [-0.1, -0.05) is 72.5 Å². The van der Waals surface area contributed by atoms with Gasteiger partial charge in [-0.05, 0) is 30.6 Å². The van der Waals surface area contributed by atoms with Gasteiger partial charge in [0.15, 0.2) is 0 Å². The minimum absolute atomic E-state index is 0.796. The second-order valence-corrected chi connectivity index (χ2v) is 5.47. The molecule has 0 saturated heterocycles.